The zero-order chi connectivity index (χ0) is 18.0. The van der Waals surface area contributed by atoms with E-state index in [0.717, 1.165) is 17.2 Å². The van der Waals surface area contributed by atoms with E-state index in [1.54, 1.807) is 31.4 Å². The minimum Gasteiger partial charge on any atom is -0.497 e. The first-order valence-electron chi connectivity index (χ1n) is 7.67. The second kappa shape index (κ2) is 6.59. The molecule has 3 aromatic rings. The van der Waals surface area contributed by atoms with Crippen molar-refractivity contribution in [3.8, 4) is 28.0 Å². The fourth-order valence-corrected chi connectivity index (χ4v) is 2.58. The number of benzene rings is 2. The minimum absolute atomic E-state index is 0.493. The van der Waals surface area contributed by atoms with Crippen molar-refractivity contribution in [3.63, 3.8) is 0 Å². The van der Waals surface area contributed by atoms with Crippen molar-refractivity contribution in [1.82, 2.24) is 4.98 Å². The minimum atomic E-state index is -4.49. The van der Waals surface area contributed by atoms with Gasteiger partial charge >= 0.3 is 6.18 Å². The SMILES string of the molecule is COc1ccc(-c2cnc(C(F)(F)F)cc2-c2ccc(C)cc2)cc1. The molecule has 0 N–H and O–H groups in total. The molecular weight excluding hydrogens is 327 g/mol. The quantitative estimate of drug-likeness (QED) is 0.604. The summed E-state index contributed by atoms with van der Waals surface area (Å²) in [6, 6.07) is 15.6. The van der Waals surface area contributed by atoms with Gasteiger partial charge < -0.3 is 4.74 Å². The molecule has 128 valence electrons. The Kier molecular flexibility index (Phi) is 4.49. The van der Waals surface area contributed by atoms with Crippen LogP contribution in [0.5, 0.6) is 5.75 Å². The van der Waals surface area contributed by atoms with Crippen LogP contribution in [0.15, 0.2) is 60.8 Å². The lowest BCUT2D eigenvalue weighted by atomic mass is 9.95. The van der Waals surface area contributed by atoms with Crippen molar-refractivity contribution in [3.05, 3.63) is 72.1 Å². The van der Waals surface area contributed by atoms with Crippen LogP contribution < -0.4 is 4.74 Å². The fraction of sp³-hybridized carbons (Fsp3) is 0.150. The van der Waals surface area contributed by atoms with Gasteiger partial charge in [-0.05, 0) is 41.8 Å². The van der Waals surface area contributed by atoms with Gasteiger partial charge in [-0.15, -0.1) is 0 Å². The molecule has 0 atom stereocenters. The normalized spacial score (nSPS) is 11.4. The third kappa shape index (κ3) is 3.65. The van der Waals surface area contributed by atoms with Gasteiger partial charge in [0.2, 0.25) is 0 Å². The molecule has 0 aliphatic carbocycles. The van der Waals surface area contributed by atoms with Crippen LogP contribution in [-0.2, 0) is 6.18 Å². The third-order valence-corrected chi connectivity index (χ3v) is 3.96. The molecule has 0 saturated heterocycles. The highest BCUT2D eigenvalue weighted by atomic mass is 19.4. The Hall–Kier alpha value is -2.82. The van der Waals surface area contributed by atoms with Crippen molar-refractivity contribution in [1.29, 1.82) is 0 Å². The number of aryl methyl sites for hydroxylation is 1. The molecule has 0 aliphatic heterocycles. The van der Waals surface area contributed by atoms with E-state index in [4.69, 9.17) is 4.74 Å². The van der Waals surface area contributed by atoms with Crippen molar-refractivity contribution >= 4 is 0 Å². The van der Waals surface area contributed by atoms with E-state index in [-0.39, 0.29) is 0 Å². The van der Waals surface area contributed by atoms with Crippen LogP contribution >= 0.6 is 0 Å². The Morgan fingerprint density at radius 2 is 1.40 bits per heavy atom. The molecule has 0 bridgehead atoms. The van der Waals surface area contributed by atoms with Gasteiger partial charge in [0.05, 0.1) is 7.11 Å². The maximum Gasteiger partial charge on any atom is 0.433 e. The molecule has 2 nitrogen and oxygen atoms in total. The number of pyridine rings is 1. The number of hydrogen-bond acceptors (Lipinski definition) is 2. The molecule has 0 spiro atoms. The standard InChI is InChI=1S/C20H16F3NO/c1-13-3-5-14(6-4-13)17-11-19(20(21,22)23)24-12-18(17)15-7-9-16(25-2)10-8-15/h3-12H,1-2H3. The summed E-state index contributed by atoms with van der Waals surface area (Å²) < 4.78 is 44.4. The molecule has 2 aromatic carbocycles. The zero-order valence-electron chi connectivity index (χ0n) is 13.8. The number of hydrogen-bond donors (Lipinski definition) is 0. The predicted octanol–water partition coefficient (Wildman–Crippen LogP) is 5.75. The van der Waals surface area contributed by atoms with Crippen LogP contribution in [0.4, 0.5) is 13.2 Å². The highest BCUT2D eigenvalue weighted by Gasteiger charge is 2.33. The van der Waals surface area contributed by atoms with Crippen molar-refractivity contribution in [2.45, 2.75) is 13.1 Å². The van der Waals surface area contributed by atoms with Gasteiger partial charge in [-0.1, -0.05) is 42.0 Å². The van der Waals surface area contributed by atoms with Gasteiger partial charge in [-0.2, -0.15) is 13.2 Å². The van der Waals surface area contributed by atoms with E-state index in [0.29, 0.717) is 22.4 Å². The van der Waals surface area contributed by atoms with Gasteiger partial charge in [0.15, 0.2) is 0 Å². The molecule has 0 fully saturated rings. The summed E-state index contributed by atoms with van der Waals surface area (Å²) in [5.41, 5.74) is 2.76. The summed E-state index contributed by atoms with van der Waals surface area (Å²) >= 11 is 0. The van der Waals surface area contributed by atoms with E-state index in [9.17, 15) is 13.2 Å². The monoisotopic (exact) mass is 343 g/mol. The Labute approximate surface area is 143 Å². The summed E-state index contributed by atoms with van der Waals surface area (Å²) in [6.45, 7) is 1.93. The van der Waals surface area contributed by atoms with Gasteiger partial charge in [0.1, 0.15) is 11.4 Å². The topological polar surface area (TPSA) is 22.1 Å². The van der Waals surface area contributed by atoms with Gasteiger partial charge in [0, 0.05) is 11.8 Å². The molecule has 1 heterocycles. The van der Waals surface area contributed by atoms with E-state index in [1.807, 2.05) is 31.2 Å². The van der Waals surface area contributed by atoms with Crippen LogP contribution in [0.3, 0.4) is 0 Å². The third-order valence-electron chi connectivity index (χ3n) is 3.96. The Morgan fingerprint density at radius 3 is 1.96 bits per heavy atom. The van der Waals surface area contributed by atoms with Gasteiger partial charge in [0.25, 0.3) is 0 Å². The van der Waals surface area contributed by atoms with Gasteiger partial charge in [-0.25, -0.2) is 0 Å². The van der Waals surface area contributed by atoms with Crippen LogP contribution in [0.25, 0.3) is 22.3 Å². The fourth-order valence-electron chi connectivity index (χ4n) is 2.58. The van der Waals surface area contributed by atoms with Gasteiger partial charge in [-0.3, -0.25) is 4.98 Å². The second-order valence-electron chi connectivity index (χ2n) is 5.71. The van der Waals surface area contributed by atoms with E-state index >= 15 is 0 Å². The lowest BCUT2D eigenvalue weighted by molar-refractivity contribution is -0.141. The Bertz CT molecular complexity index is 869. The highest BCUT2D eigenvalue weighted by molar-refractivity contribution is 5.83. The van der Waals surface area contributed by atoms with Crippen LogP contribution in [0, 0.1) is 6.92 Å². The van der Waals surface area contributed by atoms with E-state index in [2.05, 4.69) is 4.98 Å². The van der Waals surface area contributed by atoms with Crippen LogP contribution in [0.1, 0.15) is 11.3 Å². The summed E-state index contributed by atoms with van der Waals surface area (Å²) in [5, 5.41) is 0. The zero-order valence-corrected chi connectivity index (χ0v) is 13.8. The van der Waals surface area contributed by atoms with E-state index < -0.39 is 11.9 Å². The first kappa shape index (κ1) is 17.0. The Balaban J connectivity index is 2.18. The summed E-state index contributed by atoms with van der Waals surface area (Å²) in [4.78, 5) is 3.62. The number of halogens is 3. The second-order valence-corrected chi connectivity index (χ2v) is 5.71. The molecule has 0 amide bonds. The largest absolute Gasteiger partial charge is 0.497 e. The average Bonchev–Trinajstić information content (AvgIpc) is 2.61. The lowest BCUT2D eigenvalue weighted by Gasteiger charge is -2.14. The molecule has 5 heteroatoms. The number of rotatable bonds is 3. The lowest BCUT2D eigenvalue weighted by Crippen LogP contribution is -2.08. The van der Waals surface area contributed by atoms with Crippen molar-refractivity contribution < 1.29 is 17.9 Å². The molecule has 1 aromatic heterocycles. The number of methoxy groups -OCH3 is 1. The molecule has 0 aliphatic rings. The molecule has 0 radical (unpaired) electrons. The summed E-state index contributed by atoms with van der Waals surface area (Å²) in [5.74, 6) is 0.681. The average molecular weight is 343 g/mol. The molecule has 3 rings (SSSR count). The molecular formula is C20H16F3NO. The maximum absolute atomic E-state index is 13.1. The number of aromatic nitrogens is 1. The predicted molar refractivity (Wildman–Crippen MR) is 91.4 cm³/mol. The van der Waals surface area contributed by atoms with Crippen LogP contribution in [0.2, 0.25) is 0 Å². The van der Waals surface area contributed by atoms with Crippen LogP contribution in [-0.4, -0.2) is 12.1 Å². The first-order chi connectivity index (χ1) is 11.9. The van der Waals surface area contributed by atoms with Crippen molar-refractivity contribution in [2.24, 2.45) is 0 Å². The highest BCUT2D eigenvalue weighted by Crippen LogP contribution is 2.37. The molecule has 0 saturated carbocycles. The van der Waals surface area contributed by atoms with Crippen molar-refractivity contribution in [2.75, 3.05) is 7.11 Å². The molecule has 0 unspecified atom stereocenters. The summed E-state index contributed by atoms with van der Waals surface area (Å²) in [7, 11) is 1.56. The smallest absolute Gasteiger partial charge is 0.433 e. The Morgan fingerprint density at radius 1 is 0.840 bits per heavy atom. The number of ether oxygens (including phenoxy) is 1. The summed E-state index contributed by atoms with van der Waals surface area (Å²) in [6.07, 6.45) is -3.21. The number of alkyl halides is 3. The number of nitrogens with zero attached hydrogens (tertiary/aromatic N) is 1. The van der Waals surface area contributed by atoms with E-state index in [1.165, 1.54) is 6.20 Å². The molecule has 25 heavy (non-hydrogen) atoms. The maximum atomic E-state index is 13.1. The first-order valence-corrected chi connectivity index (χ1v) is 7.67.